The molecule has 1 aliphatic rings. The zero-order chi connectivity index (χ0) is 16.7. The van der Waals surface area contributed by atoms with Crippen LogP contribution in [0.2, 0.25) is 0 Å². The maximum absolute atomic E-state index is 12.5. The Hall–Kier alpha value is -1.24. The third-order valence-corrected chi connectivity index (χ3v) is 4.71. The molecule has 1 heterocycles. The Labute approximate surface area is 154 Å². The highest BCUT2D eigenvalue weighted by Gasteiger charge is 2.25. The van der Waals surface area contributed by atoms with Crippen LogP contribution in [0.15, 0.2) is 30.3 Å². The number of rotatable bonds is 5. The van der Waals surface area contributed by atoms with Crippen molar-refractivity contribution < 1.29 is 9.59 Å². The minimum atomic E-state index is -0.432. The van der Waals surface area contributed by atoms with Gasteiger partial charge in [-0.1, -0.05) is 18.2 Å². The molecule has 5 nitrogen and oxygen atoms in total. The number of carbonyl (C=O) groups excluding carboxylic acids is 2. The molecule has 134 valence electrons. The summed E-state index contributed by atoms with van der Waals surface area (Å²) in [5.74, 6) is 0.930. The molecular formula is C17H26ClN3O2S. The summed E-state index contributed by atoms with van der Waals surface area (Å²) in [5.41, 5.74) is 6.68. The van der Waals surface area contributed by atoms with Crippen molar-refractivity contribution in [3.8, 4) is 0 Å². The lowest BCUT2D eigenvalue weighted by atomic mass is 10.2. The fraction of sp³-hybridized carbons (Fsp3) is 0.529. The van der Waals surface area contributed by atoms with E-state index in [0.717, 1.165) is 12.2 Å². The van der Waals surface area contributed by atoms with Gasteiger partial charge in [0.15, 0.2) is 0 Å². The molecule has 0 bridgehead atoms. The van der Waals surface area contributed by atoms with Gasteiger partial charge in [0.2, 0.25) is 5.91 Å². The van der Waals surface area contributed by atoms with Crippen LogP contribution >= 0.6 is 24.2 Å². The molecule has 1 saturated heterocycles. The summed E-state index contributed by atoms with van der Waals surface area (Å²) in [5, 5.41) is 0. The quantitative estimate of drug-likeness (QED) is 0.857. The summed E-state index contributed by atoms with van der Waals surface area (Å²) in [6, 6.07) is 8.86. The summed E-state index contributed by atoms with van der Waals surface area (Å²) in [6.07, 6.45) is 3.50. The molecule has 7 heteroatoms. The second kappa shape index (κ2) is 10.6. The van der Waals surface area contributed by atoms with E-state index in [1.807, 2.05) is 46.4 Å². The van der Waals surface area contributed by atoms with Crippen LogP contribution in [0.25, 0.3) is 0 Å². The van der Waals surface area contributed by atoms with Crippen LogP contribution < -0.4 is 5.73 Å². The average molecular weight is 372 g/mol. The fourth-order valence-electron chi connectivity index (χ4n) is 2.71. The number of thioether (sulfide) groups is 1. The molecule has 24 heavy (non-hydrogen) atoms. The van der Waals surface area contributed by atoms with Crippen molar-refractivity contribution in [2.45, 2.75) is 18.9 Å². The van der Waals surface area contributed by atoms with E-state index < -0.39 is 6.04 Å². The van der Waals surface area contributed by atoms with Crippen LogP contribution in [-0.2, 0) is 4.79 Å². The molecule has 1 aromatic carbocycles. The first-order chi connectivity index (χ1) is 11.1. The number of hydrogen-bond donors (Lipinski definition) is 1. The molecule has 0 unspecified atom stereocenters. The van der Waals surface area contributed by atoms with Gasteiger partial charge in [0.25, 0.3) is 5.91 Å². The van der Waals surface area contributed by atoms with E-state index >= 15 is 0 Å². The third kappa shape index (κ3) is 5.69. The Bertz CT molecular complexity index is 530. The van der Waals surface area contributed by atoms with Gasteiger partial charge in [0.1, 0.15) is 0 Å². The average Bonchev–Trinajstić information content (AvgIpc) is 2.85. The standard InChI is InChI=1S/C17H25N3O2S.ClH/c1-23-13-8-15(18)17(22)20-10-5-9-19(11-12-20)16(21)14-6-3-2-4-7-14;/h2-4,6-7,15H,5,8-13,18H2,1H3;1H/t15-;/m0./s1. The molecule has 0 saturated carbocycles. The predicted molar refractivity (Wildman–Crippen MR) is 102 cm³/mol. The first-order valence-electron chi connectivity index (χ1n) is 8.01. The van der Waals surface area contributed by atoms with Crippen molar-refractivity contribution in [3.63, 3.8) is 0 Å². The molecule has 1 fully saturated rings. The predicted octanol–water partition coefficient (Wildman–Crippen LogP) is 1.86. The first-order valence-corrected chi connectivity index (χ1v) is 9.40. The van der Waals surface area contributed by atoms with E-state index in [0.29, 0.717) is 38.2 Å². The Morgan fingerprint density at radius 2 is 1.75 bits per heavy atom. The van der Waals surface area contributed by atoms with Gasteiger partial charge in [0, 0.05) is 31.7 Å². The molecule has 0 spiro atoms. The zero-order valence-electron chi connectivity index (χ0n) is 14.0. The summed E-state index contributed by atoms with van der Waals surface area (Å²) >= 11 is 1.70. The Kier molecular flexibility index (Phi) is 9.18. The van der Waals surface area contributed by atoms with Crippen molar-refractivity contribution in [1.29, 1.82) is 0 Å². The van der Waals surface area contributed by atoms with Gasteiger partial charge in [-0.25, -0.2) is 0 Å². The minimum absolute atomic E-state index is 0. The van der Waals surface area contributed by atoms with Gasteiger partial charge in [-0.05, 0) is 37.0 Å². The SMILES string of the molecule is CSCC[C@H](N)C(=O)N1CCCN(C(=O)c2ccccc2)CC1.Cl. The molecule has 0 radical (unpaired) electrons. The molecule has 1 aliphatic heterocycles. The lowest BCUT2D eigenvalue weighted by Gasteiger charge is -2.24. The largest absolute Gasteiger partial charge is 0.340 e. The van der Waals surface area contributed by atoms with Gasteiger partial charge in [-0.2, -0.15) is 11.8 Å². The van der Waals surface area contributed by atoms with Gasteiger partial charge in [-0.15, -0.1) is 12.4 Å². The summed E-state index contributed by atoms with van der Waals surface area (Å²) < 4.78 is 0. The highest BCUT2D eigenvalue weighted by Crippen LogP contribution is 2.11. The Morgan fingerprint density at radius 1 is 1.12 bits per heavy atom. The van der Waals surface area contributed by atoms with Crippen LogP contribution in [0.1, 0.15) is 23.2 Å². The molecule has 0 aliphatic carbocycles. The zero-order valence-corrected chi connectivity index (χ0v) is 15.7. The number of carbonyl (C=O) groups is 2. The molecular weight excluding hydrogens is 346 g/mol. The number of amides is 2. The number of benzene rings is 1. The Balaban J connectivity index is 0.00000288. The molecule has 2 N–H and O–H groups in total. The lowest BCUT2D eigenvalue weighted by molar-refractivity contribution is -0.132. The van der Waals surface area contributed by atoms with Crippen molar-refractivity contribution in [2.24, 2.45) is 5.73 Å². The van der Waals surface area contributed by atoms with E-state index in [4.69, 9.17) is 5.73 Å². The van der Waals surface area contributed by atoms with E-state index in [9.17, 15) is 9.59 Å². The van der Waals surface area contributed by atoms with E-state index in [2.05, 4.69) is 0 Å². The molecule has 1 aromatic rings. The van der Waals surface area contributed by atoms with Crippen molar-refractivity contribution in [3.05, 3.63) is 35.9 Å². The van der Waals surface area contributed by atoms with E-state index in [1.165, 1.54) is 0 Å². The van der Waals surface area contributed by atoms with Crippen molar-refractivity contribution in [2.75, 3.05) is 38.2 Å². The van der Waals surface area contributed by atoms with Crippen molar-refractivity contribution in [1.82, 2.24) is 9.80 Å². The van der Waals surface area contributed by atoms with Crippen LogP contribution in [0.5, 0.6) is 0 Å². The second-order valence-electron chi connectivity index (χ2n) is 5.73. The topological polar surface area (TPSA) is 66.6 Å². The summed E-state index contributed by atoms with van der Waals surface area (Å²) in [4.78, 5) is 28.5. The summed E-state index contributed by atoms with van der Waals surface area (Å²) in [7, 11) is 0. The van der Waals surface area contributed by atoms with E-state index in [1.54, 1.807) is 11.8 Å². The van der Waals surface area contributed by atoms with Crippen LogP contribution in [0.4, 0.5) is 0 Å². The maximum atomic E-state index is 12.5. The third-order valence-electron chi connectivity index (χ3n) is 4.07. The van der Waals surface area contributed by atoms with Crippen LogP contribution in [-0.4, -0.2) is 65.8 Å². The van der Waals surface area contributed by atoms with Crippen LogP contribution in [0.3, 0.4) is 0 Å². The molecule has 2 rings (SSSR count). The monoisotopic (exact) mass is 371 g/mol. The second-order valence-corrected chi connectivity index (χ2v) is 6.71. The fourth-order valence-corrected chi connectivity index (χ4v) is 3.20. The highest BCUT2D eigenvalue weighted by atomic mass is 35.5. The smallest absolute Gasteiger partial charge is 0.253 e. The first kappa shape index (κ1) is 20.8. The van der Waals surface area contributed by atoms with Gasteiger partial charge < -0.3 is 15.5 Å². The minimum Gasteiger partial charge on any atom is -0.340 e. The lowest BCUT2D eigenvalue weighted by Crippen LogP contribution is -2.45. The molecule has 1 atom stereocenters. The Morgan fingerprint density at radius 3 is 2.42 bits per heavy atom. The van der Waals surface area contributed by atoms with Gasteiger partial charge >= 0.3 is 0 Å². The van der Waals surface area contributed by atoms with Crippen LogP contribution in [0, 0.1) is 0 Å². The van der Waals surface area contributed by atoms with Gasteiger partial charge in [-0.3, -0.25) is 9.59 Å². The number of nitrogens with zero attached hydrogens (tertiary/aromatic N) is 2. The molecule has 0 aromatic heterocycles. The number of nitrogens with two attached hydrogens (primary N) is 1. The van der Waals surface area contributed by atoms with Crippen molar-refractivity contribution >= 4 is 36.0 Å². The normalized spacial score (nSPS) is 16.1. The maximum Gasteiger partial charge on any atom is 0.253 e. The van der Waals surface area contributed by atoms with E-state index in [-0.39, 0.29) is 24.2 Å². The molecule has 2 amide bonds. The summed E-state index contributed by atoms with van der Waals surface area (Å²) in [6.45, 7) is 2.47. The number of hydrogen-bond acceptors (Lipinski definition) is 4. The highest BCUT2D eigenvalue weighted by molar-refractivity contribution is 7.98. The number of halogens is 1. The van der Waals surface area contributed by atoms with Gasteiger partial charge in [0.05, 0.1) is 6.04 Å².